The second-order valence-corrected chi connectivity index (χ2v) is 12.4. The molecule has 0 saturated heterocycles. The lowest BCUT2D eigenvalue weighted by Gasteiger charge is -2.42. The Bertz CT molecular complexity index is 1570. The van der Waals surface area contributed by atoms with Crippen LogP contribution in [0.25, 0.3) is 0 Å². The molecular weight excluding hydrogens is 537 g/mol. The Kier molecular flexibility index (Phi) is 6.17. The van der Waals surface area contributed by atoms with Crippen molar-refractivity contribution in [2.75, 3.05) is 11.9 Å². The van der Waals surface area contributed by atoms with Crippen molar-refractivity contribution in [3.05, 3.63) is 59.4 Å². The molecule has 0 aromatic heterocycles. The maximum atomic E-state index is 13.9. The average Bonchev–Trinajstić information content (AvgIpc) is 2.95. The van der Waals surface area contributed by atoms with Gasteiger partial charge < -0.3 is 20.8 Å². The minimum atomic E-state index is -4.80. The number of carbonyl (C=O) groups excluding carboxylic acids is 2. The van der Waals surface area contributed by atoms with Crippen LogP contribution in [0.15, 0.2) is 41.3 Å². The Hall–Kier alpha value is -2.96. The van der Waals surface area contributed by atoms with Crippen LogP contribution in [0.1, 0.15) is 63.1 Å². The Labute approximate surface area is 231 Å². The van der Waals surface area contributed by atoms with E-state index in [9.17, 15) is 41.4 Å². The van der Waals surface area contributed by atoms with E-state index < -0.39 is 110 Å². The summed E-state index contributed by atoms with van der Waals surface area (Å²) in [4.78, 5) is 24.9. The van der Waals surface area contributed by atoms with Crippen LogP contribution in [0.2, 0.25) is 0 Å². The van der Waals surface area contributed by atoms with Gasteiger partial charge in [0.1, 0.15) is 0 Å². The predicted octanol–water partition coefficient (Wildman–Crippen LogP) is 3.33. The van der Waals surface area contributed by atoms with Crippen LogP contribution >= 0.6 is 0 Å². The van der Waals surface area contributed by atoms with E-state index in [4.69, 9.17) is 6.85 Å². The molecule has 2 aromatic rings. The van der Waals surface area contributed by atoms with Gasteiger partial charge in [-0.1, -0.05) is 6.07 Å². The molecule has 8 nitrogen and oxygen atoms in total. The lowest BCUT2D eigenvalue weighted by molar-refractivity contribution is -0.133. The number of fused-ring (bicyclic) bond motifs is 2. The molecule has 0 radical (unpaired) electrons. The van der Waals surface area contributed by atoms with Crippen LogP contribution in [-0.4, -0.2) is 53.4 Å². The molecule has 212 valence electrons. The molecule has 2 saturated carbocycles. The molecule has 2 fully saturated rings. The molecule has 2 bridgehead atoms. The third-order valence-electron chi connectivity index (χ3n) is 6.69. The molecule has 0 aliphatic heterocycles. The largest absolute Gasteiger partial charge is 0.389 e. The van der Waals surface area contributed by atoms with Gasteiger partial charge in [-0.3, -0.25) is 9.59 Å². The molecule has 0 heterocycles. The fourth-order valence-electron chi connectivity index (χ4n) is 4.59. The number of benzene rings is 2. The van der Waals surface area contributed by atoms with Gasteiger partial charge in [0.25, 0.3) is 5.91 Å². The van der Waals surface area contributed by atoms with Gasteiger partial charge in [0.2, 0.25) is 5.91 Å². The first-order valence-corrected chi connectivity index (χ1v) is 13.5. The number of carbonyl (C=O) groups is 2. The van der Waals surface area contributed by atoms with Gasteiger partial charge >= 0.3 is 0 Å². The van der Waals surface area contributed by atoms with E-state index in [-0.39, 0.29) is 12.1 Å². The van der Waals surface area contributed by atoms with Crippen LogP contribution in [0.5, 0.6) is 0 Å². The Balaban J connectivity index is 1.65. The van der Waals surface area contributed by atoms with Gasteiger partial charge in [-0.25, -0.2) is 21.6 Å². The molecule has 39 heavy (non-hydrogen) atoms. The summed E-state index contributed by atoms with van der Waals surface area (Å²) in [5.74, 6) is -10.4. The van der Waals surface area contributed by atoms with Crippen LogP contribution < -0.4 is 10.6 Å². The quantitative estimate of drug-likeness (QED) is 0.358. The van der Waals surface area contributed by atoms with Gasteiger partial charge in [0.15, 0.2) is 27.3 Å². The number of rotatable bonds is 8. The Morgan fingerprint density at radius 2 is 1.72 bits per heavy atom. The number of amides is 2. The summed E-state index contributed by atoms with van der Waals surface area (Å²) >= 11 is 0. The van der Waals surface area contributed by atoms with E-state index in [2.05, 4.69) is 10.6 Å². The first-order chi connectivity index (χ1) is 20.0. The van der Waals surface area contributed by atoms with Gasteiger partial charge in [-0.05, 0) is 69.5 Å². The molecule has 2 aliphatic rings. The molecule has 3 unspecified atom stereocenters. The zero-order chi connectivity index (χ0) is 33.3. The molecule has 2 amide bonds. The molecular formula is C27H31F3N2O6S. The number of aliphatic hydroxyl groups is 2. The second-order valence-electron chi connectivity index (χ2n) is 10.3. The van der Waals surface area contributed by atoms with Crippen LogP contribution in [0, 0.1) is 29.3 Å². The van der Waals surface area contributed by atoms with E-state index in [1.54, 1.807) is 0 Å². The summed E-state index contributed by atoms with van der Waals surface area (Å²) in [5, 5.41) is 23.4. The lowest BCUT2D eigenvalue weighted by atomic mass is 9.72. The summed E-state index contributed by atoms with van der Waals surface area (Å²) < 4.78 is 111. The maximum Gasteiger partial charge on any atom is 0.255 e. The van der Waals surface area contributed by atoms with Gasteiger partial charge in [0.05, 0.1) is 27.7 Å². The number of hydrogen-bond donors (Lipinski definition) is 4. The van der Waals surface area contributed by atoms with E-state index in [0.717, 1.165) is 24.3 Å². The van der Waals surface area contributed by atoms with E-state index in [1.807, 2.05) is 0 Å². The standard InChI is InChI=1S/C27H31F3N2O6S/c1-26(2,35)14-31-23(33)13-27(36)16-6-7-17(27)10-20(9-16)39(37,38)19-5-3-4-15(8-19)25(34)32-18-11-21(28)24(30)22(29)12-18/h3-5,8,11-12,16-17,20,35-36H,6-7,9-10,13-14H2,1-2H3,(H,31,33)(H,32,34)/t16-,17?,20?,27?/m0/s1/i6D2,7D2,20D. The van der Waals surface area contributed by atoms with Crippen molar-refractivity contribution in [2.24, 2.45) is 11.8 Å². The minimum Gasteiger partial charge on any atom is -0.389 e. The fraction of sp³-hybridized carbons (Fsp3) is 0.481. The predicted molar refractivity (Wildman–Crippen MR) is 136 cm³/mol. The SMILES string of the molecule is [2H]C1([2H])C2CC([2H])(S(=O)(=O)c3cccc(C(=O)Nc4cc(F)c(F)c(F)c4)c3)C[C@@H](C2(O)CC(=O)NCC(C)(C)O)C1([2H])[2H]. The molecule has 4 rings (SSSR count). The normalized spacial score (nSPS) is 31.2. The van der Waals surface area contributed by atoms with E-state index >= 15 is 0 Å². The van der Waals surface area contributed by atoms with Gasteiger partial charge in [-0.15, -0.1) is 0 Å². The summed E-state index contributed by atoms with van der Waals surface area (Å²) in [6.45, 7) is 2.58. The third kappa shape index (κ3) is 6.12. The maximum absolute atomic E-state index is 13.9. The summed E-state index contributed by atoms with van der Waals surface area (Å²) in [6.07, 6.45) is -8.34. The Morgan fingerprint density at radius 1 is 1.13 bits per heavy atom. The molecule has 2 aromatic carbocycles. The number of halogens is 3. The smallest absolute Gasteiger partial charge is 0.255 e. The summed E-state index contributed by atoms with van der Waals surface area (Å²) in [7, 11) is -4.80. The first-order valence-electron chi connectivity index (χ1n) is 14.5. The lowest BCUT2D eigenvalue weighted by Crippen LogP contribution is -2.51. The van der Waals surface area contributed by atoms with Crippen molar-refractivity contribution in [3.8, 4) is 0 Å². The molecule has 4 N–H and O–H groups in total. The monoisotopic (exact) mass is 573 g/mol. The Morgan fingerprint density at radius 3 is 2.28 bits per heavy atom. The first kappa shape index (κ1) is 22.8. The van der Waals surface area contributed by atoms with Crippen LogP contribution in [0.4, 0.5) is 18.9 Å². The molecule has 4 atom stereocenters. The van der Waals surface area contributed by atoms with Crippen molar-refractivity contribution in [1.29, 1.82) is 0 Å². The fourth-order valence-corrected chi connectivity index (χ4v) is 6.24. The van der Waals surface area contributed by atoms with Crippen LogP contribution in [0.3, 0.4) is 0 Å². The number of hydrogen-bond acceptors (Lipinski definition) is 6. The zero-order valence-electron chi connectivity index (χ0n) is 26.0. The summed E-state index contributed by atoms with van der Waals surface area (Å²) in [6, 6.07) is 5.26. The summed E-state index contributed by atoms with van der Waals surface area (Å²) in [5.41, 5.74) is -4.49. The van der Waals surface area contributed by atoms with E-state index in [0.29, 0.717) is 12.1 Å². The average molecular weight is 574 g/mol. The highest BCUT2D eigenvalue weighted by Crippen LogP contribution is 2.53. The minimum absolute atomic E-state index is 0.233. The number of sulfone groups is 1. The zero-order valence-corrected chi connectivity index (χ0v) is 21.8. The van der Waals surface area contributed by atoms with Crippen molar-refractivity contribution in [3.63, 3.8) is 0 Å². The molecule has 12 heteroatoms. The van der Waals surface area contributed by atoms with Crippen LogP contribution in [-0.2, 0) is 14.6 Å². The highest BCUT2D eigenvalue weighted by molar-refractivity contribution is 7.92. The number of anilines is 1. The highest BCUT2D eigenvalue weighted by Gasteiger charge is 2.56. The second kappa shape index (κ2) is 10.5. The number of nitrogens with one attached hydrogen (secondary N) is 2. The van der Waals surface area contributed by atoms with Crippen molar-refractivity contribution >= 4 is 27.3 Å². The third-order valence-corrected chi connectivity index (χ3v) is 8.66. The molecule has 2 aliphatic carbocycles. The van der Waals surface area contributed by atoms with Crippen molar-refractivity contribution in [1.82, 2.24) is 5.32 Å². The highest BCUT2D eigenvalue weighted by atomic mass is 32.2. The van der Waals surface area contributed by atoms with Gasteiger partial charge in [-0.2, -0.15) is 0 Å². The van der Waals surface area contributed by atoms with E-state index in [1.165, 1.54) is 13.8 Å². The van der Waals surface area contributed by atoms with Crippen molar-refractivity contribution < 1.29 is 48.2 Å². The topological polar surface area (TPSA) is 133 Å². The van der Waals surface area contributed by atoms with Gasteiger partial charge in [0, 0.05) is 36.8 Å². The molecule has 0 spiro atoms. The van der Waals surface area contributed by atoms with Crippen molar-refractivity contribution in [2.45, 2.75) is 67.2 Å².